The van der Waals surface area contributed by atoms with E-state index in [0.29, 0.717) is 22.2 Å². The predicted molar refractivity (Wildman–Crippen MR) is 154 cm³/mol. The summed E-state index contributed by atoms with van der Waals surface area (Å²) in [6.07, 6.45) is 1.63. The summed E-state index contributed by atoms with van der Waals surface area (Å²) in [5.41, 5.74) is 2.60. The van der Waals surface area contributed by atoms with Crippen LogP contribution in [-0.2, 0) is 15.1 Å². The summed E-state index contributed by atoms with van der Waals surface area (Å²) in [4.78, 5) is 17.4. The van der Waals surface area contributed by atoms with Gasteiger partial charge in [0.05, 0.1) is 21.8 Å². The summed E-state index contributed by atoms with van der Waals surface area (Å²) >= 11 is 12.7. The molecule has 7 heteroatoms. The fourth-order valence-corrected chi connectivity index (χ4v) is 5.74. The highest BCUT2D eigenvalue weighted by Gasteiger charge is 2.37. The third kappa shape index (κ3) is 6.59. The molecule has 3 aromatic rings. The van der Waals surface area contributed by atoms with Crippen LogP contribution in [0.25, 0.3) is 0 Å². The second kappa shape index (κ2) is 13.1. The van der Waals surface area contributed by atoms with Gasteiger partial charge in [0.1, 0.15) is 0 Å². The van der Waals surface area contributed by atoms with Crippen LogP contribution >= 0.6 is 23.2 Å². The van der Waals surface area contributed by atoms with Crippen LogP contribution in [0.4, 0.5) is 0 Å². The Balaban J connectivity index is 1.52. The zero-order valence-corrected chi connectivity index (χ0v) is 23.8. The maximum atomic E-state index is 13.2. The van der Waals surface area contributed by atoms with Gasteiger partial charge in [-0.15, -0.1) is 0 Å². The largest absolute Gasteiger partial charge is 0.379 e. The van der Waals surface area contributed by atoms with Gasteiger partial charge in [-0.2, -0.15) is 0 Å². The molecule has 202 valence electrons. The van der Waals surface area contributed by atoms with Gasteiger partial charge in [-0.05, 0) is 48.2 Å². The van der Waals surface area contributed by atoms with Gasteiger partial charge in [-0.1, -0.05) is 77.8 Å². The Labute approximate surface area is 236 Å². The smallest absolute Gasteiger partial charge is 0.253 e. The lowest BCUT2D eigenvalue weighted by Gasteiger charge is -2.43. The molecule has 1 aliphatic rings. The van der Waals surface area contributed by atoms with Crippen molar-refractivity contribution in [1.29, 1.82) is 0 Å². The lowest BCUT2D eigenvalue weighted by Crippen LogP contribution is -2.48. The molecule has 0 radical (unpaired) electrons. The second-order valence-corrected chi connectivity index (χ2v) is 10.8. The van der Waals surface area contributed by atoms with Crippen molar-refractivity contribution >= 4 is 29.1 Å². The van der Waals surface area contributed by atoms with E-state index in [1.54, 1.807) is 19.1 Å². The topological polar surface area (TPSA) is 42.0 Å². The van der Waals surface area contributed by atoms with Crippen molar-refractivity contribution in [2.75, 3.05) is 47.4 Å². The molecule has 0 saturated carbocycles. The molecule has 2 unspecified atom stereocenters. The van der Waals surface area contributed by atoms with Gasteiger partial charge >= 0.3 is 0 Å². The number of likely N-dealkylation sites (tertiary alicyclic amines) is 1. The highest BCUT2D eigenvalue weighted by Crippen LogP contribution is 2.37. The van der Waals surface area contributed by atoms with Crippen molar-refractivity contribution in [3.8, 4) is 0 Å². The molecular formula is C31H36Cl2N2O3. The number of piperidine rings is 1. The first-order valence-corrected chi connectivity index (χ1v) is 13.7. The van der Waals surface area contributed by atoms with Gasteiger partial charge in [-0.25, -0.2) is 0 Å². The van der Waals surface area contributed by atoms with Gasteiger partial charge in [0.2, 0.25) is 0 Å². The zero-order chi connectivity index (χ0) is 27.1. The maximum Gasteiger partial charge on any atom is 0.253 e. The van der Waals surface area contributed by atoms with E-state index in [4.69, 9.17) is 32.7 Å². The number of rotatable bonds is 10. The van der Waals surface area contributed by atoms with Crippen molar-refractivity contribution in [3.63, 3.8) is 0 Å². The maximum absolute atomic E-state index is 13.2. The predicted octanol–water partition coefficient (Wildman–Crippen LogP) is 6.50. The number of halogens is 2. The fourth-order valence-electron chi connectivity index (χ4n) is 5.43. The molecule has 0 spiro atoms. The zero-order valence-electron chi connectivity index (χ0n) is 22.3. The minimum atomic E-state index is -0.272. The van der Waals surface area contributed by atoms with Crippen LogP contribution < -0.4 is 0 Å². The molecule has 1 heterocycles. The highest BCUT2D eigenvalue weighted by molar-refractivity contribution is 6.42. The minimum Gasteiger partial charge on any atom is -0.379 e. The Morgan fingerprint density at radius 3 is 2.16 bits per heavy atom. The van der Waals surface area contributed by atoms with Crippen LogP contribution in [0.5, 0.6) is 0 Å². The number of benzene rings is 3. The Morgan fingerprint density at radius 1 is 0.947 bits per heavy atom. The molecule has 1 fully saturated rings. The van der Waals surface area contributed by atoms with Crippen LogP contribution in [0.3, 0.4) is 0 Å². The quantitative estimate of drug-likeness (QED) is 0.286. The SMILES string of the molecule is COC(CN1CCC(OC)(c2ccccc2)CC1)C(CN(C)C(=O)c1ccccc1)c1ccc(Cl)c(Cl)c1. The number of carbonyl (C=O) groups is 1. The molecule has 38 heavy (non-hydrogen) atoms. The molecule has 1 saturated heterocycles. The van der Waals surface area contributed by atoms with Crippen LogP contribution in [0, 0.1) is 0 Å². The van der Waals surface area contributed by atoms with E-state index < -0.39 is 0 Å². The van der Waals surface area contributed by atoms with Crippen LogP contribution in [-0.4, -0.2) is 69.3 Å². The van der Waals surface area contributed by atoms with E-state index in [0.717, 1.165) is 38.0 Å². The molecule has 5 nitrogen and oxygen atoms in total. The molecule has 4 rings (SSSR count). The van der Waals surface area contributed by atoms with E-state index in [2.05, 4.69) is 29.2 Å². The van der Waals surface area contributed by atoms with Crippen molar-refractivity contribution in [2.24, 2.45) is 0 Å². The van der Waals surface area contributed by atoms with Gasteiger partial charge in [0.15, 0.2) is 0 Å². The molecule has 1 aliphatic heterocycles. The molecule has 3 aromatic carbocycles. The Kier molecular flexibility index (Phi) is 9.85. The fraction of sp³-hybridized carbons (Fsp3) is 0.387. The summed E-state index contributed by atoms with van der Waals surface area (Å²) in [5, 5.41) is 0.997. The number of amides is 1. The molecule has 0 aliphatic carbocycles. The molecule has 1 amide bonds. The van der Waals surface area contributed by atoms with Gasteiger partial charge in [-0.3, -0.25) is 4.79 Å². The molecule has 0 N–H and O–H groups in total. The summed E-state index contributed by atoms with van der Waals surface area (Å²) in [6, 6.07) is 25.5. The van der Waals surface area contributed by atoms with Crippen LogP contribution in [0.1, 0.15) is 40.2 Å². The number of carbonyl (C=O) groups excluding carboxylic acids is 1. The van der Waals surface area contributed by atoms with Crippen molar-refractivity contribution in [1.82, 2.24) is 9.80 Å². The van der Waals surface area contributed by atoms with Crippen molar-refractivity contribution in [3.05, 3.63) is 106 Å². The van der Waals surface area contributed by atoms with E-state index >= 15 is 0 Å². The van der Waals surface area contributed by atoms with Crippen molar-refractivity contribution in [2.45, 2.75) is 30.5 Å². The van der Waals surface area contributed by atoms with E-state index in [9.17, 15) is 4.79 Å². The normalized spacial score (nSPS) is 17.1. The first kappa shape index (κ1) is 28.6. The van der Waals surface area contributed by atoms with Gasteiger partial charge < -0.3 is 19.3 Å². The highest BCUT2D eigenvalue weighted by atomic mass is 35.5. The summed E-state index contributed by atoms with van der Waals surface area (Å²) in [7, 11) is 5.38. The number of likely N-dealkylation sites (N-methyl/N-ethyl adjacent to an activating group) is 1. The summed E-state index contributed by atoms with van der Waals surface area (Å²) in [5.74, 6) is -0.133. The summed E-state index contributed by atoms with van der Waals surface area (Å²) in [6.45, 7) is 2.97. The third-order valence-corrected chi connectivity index (χ3v) is 8.49. The number of ether oxygens (including phenoxy) is 2. The summed E-state index contributed by atoms with van der Waals surface area (Å²) < 4.78 is 12.2. The van der Waals surface area contributed by atoms with Crippen molar-refractivity contribution < 1.29 is 14.3 Å². The lowest BCUT2D eigenvalue weighted by molar-refractivity contribution is -0.0708. The van der Waals surface area contributed by atoms with E-state index in [1.807, 2.05) is 61.6 Å². The minimum absolute atomic E-state index is 0.0313. The number of methoxy groups -OCH3 is 2. The molecular weight excluding hydrogens is 519 g/mol. The van der Waals surface area contributed by atoms with E-state index in [1.165, 1.54) is 5.56 Å². The molecule has 2 atom stereocenters. The Bertz CT molecular complexity index is 1180. The lowest BCUT2D eigenvalue weighted by atomic mass is 9.83. The van der Waals surface area contributed by atoms with Crippen LogP contribution in [0.15, 0.2) is 78.9 Å². The Hall–Kier alpha value is -2.41. The van der Waals surface area contributed by atoms with Gasteiger partial charge in [0.25, 0.3) is 5.91 Å². The van der Waals surface area contributed by atoms with Gasteiger partial charge in [0, 0.05) is 58.9 Å². The number of hydrogen-bond donors (Lipinski definition) is 0. The first-order chi connectivity index (χ1) is 18.4. The molecule has 0 aromatic heterocycles. The third-order valence-electron chi connectivity index (χ3n) is 7.75. The van der Waals surface area contributed by atoms with E-state index in [-0.39, 0.29) is 23.5 Å². The molecule has 0 bridgehead atoms. The number of hydrogen-bond acceptors (Lipinski definition) is 4. The monoisotopic (exact) mass is 554 g/mol. The van der Waals surface area contributed by atoms with Crippen LogP contribution in [0.2, 0.25) is 10.0 Å². The standard InChI is InChI=1S/C31H36Cl2N2O3/c1-34(30(36)23-10-6-4-7-11-23)21-26(24-14-15-27(32)28(33)20-24)29(37-2)22-35-18-16-31(38-3,17-19-35)25-12-8-5-9-13-25/h4-15,20,26,29H,16-19,21-22H2,1-3H3. The second-order valence-electron chi connectivity index (χ2n) is 9.97. The number of nitrogens with zero attached hydrogens (tertiary/aromatic N) is 2. The average molecular weight is 556 g/mol. The Morgan fingerprint density at radius 2 is 1.58 bits per heavy atom. The average Bonchev–Trinajstić information content (AvgIpc) is 2.97. The first-order valence-electron chi connectivity index (χ1n) is 13.0.